The molecule has 0 N–H and O–H groups in total. The van der Waals surface area contributed by atoms with Crippen LogP contribution in [-0.2, 0) is 20.9 Å². The van der Waals surface area contributed by atoms with Gasteiger partial charge in [-0.1, -0.05) is 60.5 Å². The lowest BCUT2D eigenvalue weighted by Gasteiger charge is -2.24. The van der Waals surface area contributed by atoms with E-state index in [9.17, 15) is 9.59 Å². The molecule has 0 bridgehead atoms. The van der Waals surface area contributed by atoms with Crippen LogP contribution in [0, 0.1) is 12.8 Å². The van der Waals surface area contributed by atoms with Crippen molar-refractivity contribution in [3.63, 3.8) is 0 Å². The minimum absolute atomic E-state index is 0.165. The summed E-state index contributed by atoms with van der Waals surface area (Å²) in [5, 5.41) is 0.638. The first-order chi connectivity index (χ1) is 12.9. The maximum atomic E-state index is 12.8. The smallest absolute Gasteiger partial charge is 0.310 e. The Morgan fingerprint density at radius 2 is 1.74 bits per heavy atom. The predicted molar refractivity (Wildman–Crippen MR) is 108 cm³/mol. The first-order valence-electron chi connectivity index (χ1n) is 8.75. The molecule has 2 rings (SSSR count). The van der Waals surface area contributed by atoms with Gasteiger partial charge in [-0.25, -0.2) is 0 Å². The van der Waals surface area contributed by atoms with Crippen LogP contribution in [0.25, 0.3) is 6.08 Å². The second-order valence-corrected chi connectivity index (χ2v) is 6.95. The summed E-state index contributed by atoms with van der Waals surface area (Å²) in [6, 6.07) is 15.2. The third-order valence-corrected chi connectivity index (χ3v) is 4.44. The van der Waals surface area contributed by atoms with Crippen molar-refractivity contribution in [1.82, 2.24) is 4.90 Å². The second kappa shape index (κ2) is 9.93. The zero-order chi connectivity index (χ0) is 19.8. The number of methoxy groups -OCH3 is 1. The summed E-state index contributed by atoms with van der Waals surface area (Å²) < 4.78 is 4.79. The highest BCUT2D eigenvalue weighted by molar-refractivity contribution is 6.30. The van der Waals surface area contributed by atoms with Gasteiger partial charge < -0.3 is 9.64 Å². The predicted octanol–water partition coefficient (Wildman–Crippen LogP) is 4.50. The van der Waals surface area contributed by atoms with Crippen molar-refractivity contribution in [2.45, 2.75) is 20.4 Å². The molecule has 0 spiro atoms. The van der Waals surface area contributed by atoms with E-state index in [2.05, 4.69) is 0 Å². The molecule has 5 heteroatoms. The van der Waals surface area contributed by atoms with Crippen LogP contribution in [0.2, 0.25) is 5.02 Å². The molecule has 142 valence electrons. The topological polar surface area (TPSA) is 46.6 Å². The lowest BCUT2D eigenvalue weighted by Crippen LogP contribution is -2.35. The first-order valence-corrected chi connectivity index (χ1v) is 9.12. The molecule has 0 fully saturated rings. The molecule has 1 amide bonds. The van der Waals surface area contributed by atoms with Crippen LogP contribution in [0.4, 0.5) is 0 Å². The molecule has 4 nitrogen and oxygen atoms in total. The van der Waals surface area contributed by atoms with Crippen LogP contribution < -0.4 is 0 Å². The highest BCUT2D eigenvalue weighted by Crippen LogP contribution is 2.14. The molecular weight excluding hydrogens is 362 g/mol. The fourth-order valence-corrected chi connectivity index (χ4v) is 2.73. The minimum atomic E-state index is -0.418. The number of benzene rings is 2. The maximum absolute atomic E-state index is 12.8. The lowest BCUT2D eigenvalue weighted by atomic mass is 10.1. The Bertz CT molecular complexity index is 797. The Morgan fingerprint density at radius 1 is 1.11 bits per heavy atom. The fourth-order valence-electron chi connectivity index (χ4n) is 2.60. The Hall–Kier alpha value is -2.59. The van der Waals surface area contributed by atoms with Gasteiger partial charge >= 0.3 is 5.97 Å². The van der Waals surface area contributed by atoms with Gasteiger partial charge in [0.15, 0.2) is 0 Å². The normalized spacial score (nSPS) is 12.0. The van der Waals surface area contributed by atoms with E-state index in [1.54, 1.807) is 30.0 Å². The molecule has 0 aliphatic rings. The van der Waals surface area contributed by atoms with E-state index in [0.717, 1.165) is 16.7 Å². The summed E-state index contributed by atoms with van der Waals surface area (Å²) in [5.74, 6) is -0.924. The molecule has 0 saturated heterocycles. The summed E-state index contributed by atoms with van der Waals surface area (Å²) in [7, 11) is 1.35. The van der Waals surface area contributed by atoms with E-state index in [-0.39, 0.29) is 18.4 Å². The molecule has 1 unspecified atom stereocenters. The van der Waals surface area contributed by atoms with E-state index in [4.69, 9.17) is 16.3 Å². The van der Waals surface area contributed by atoms with Gasteiger partial charge in [0.2, 0.25) is 5.91 Å². The van der Waals surface area contributed by atoms with Gasteiger partial charge in [0.25, 0.3) is 0 Å². The van der Waals surface area contributed by atoms with E-state index in [1.165, 1.54) is 13.2 Å². The number of hydrogen-bond donors (Lipinski definition) is 0. The molecular formula is C22H24ClNO3. The highest BCUT2D eigenvalue weighted by atomic mass is 35.5. The second-order valence-electron chi connectivity index (χ2n) is 6.51. The highest BCUT2D eigenvalue weighted by Gasteiger charge is 2.20. The summed E-state index contributed by atoms with van der Waals surface area (Å²) in [6.45, 7) is 4.42. The van der Waals surface area contributed by atoms with Crippen molar-refractivity contribution in [1.29, 1.82) is 0 Å². The first kappa shape index (κ1) is 20.7. The van der Waals surface area contributed by atoms with Crippen LogP contribution in [-0.4, -0.2) is 30.4 Å². The number of aryl methyl sites for hydroxylation is 1. The van der Waals surface area contributed by atoms with Crippen molar-refractivity contribution >= 4 is 29.6 Å². The molecule has 0 saturated carbocycles. The van der Waals surface area contributed by atoms with Gasteiger partial charge in [-0.15, -0.1) is 0 Å². The largest absolute Gasteiger partial charge is 0.469 e. The number of nitrogens with zero attached hydrogens (tertiary/aromatic N) is 1. The van der Waals surface area contributed by atoms with Crippen LogP contribution in [0.1, 0.15) is 23.6 Å². The van der Waals surface area contributed by atoms with Crippen molar-refractivity contribution in [3.05, 3.63) is 76.3 Å². The SMILES string of the molecule is COC(=O)C(C)CN(Cc1ccc(Cl)cc1)C(=O)/C=C/c1ccc(C)cc1. The van der Waals surface area contributed by atoms with Crippen LogP contribution >= 0.6 is 11.6 Å². The summed E-state index contributed by atoms with van der Waals surface area (Å²) in [5.41, 5.74) is 3.05. The summed E-state index contributed by atoms with van der Waals surface area (Å²) >= 11 is 5.93. The number of carbonyl (C=O) groups excluding carboxylic acids is 2. The zero-order valence-electron chi connectivity index (χ0n) is 15.8. The third-order valence-electron chi connectivity index (χ3n) is 4.19. The van der Waals surface area contributed by atoms with Gasteiger partial charge in [0, 0.05) is 24.2 Å². The monoisotopic (exact) mass is 385 g/mol. The molecule has 0 heterocycles. The number of rotatable bonds is 7. The van der Waals surface area contributed by atoms with E-state index in [0.29, 0.717) is 11.6 Å². The van der Waals surface area contributed by atoms with Crippen LogP contribution in [0.15, 0.2) is 54.6 Å². The van der Waals surface area contributed by atoms with Gasteiger partial charge in [-0.3, -0.25) is 9.59 Å². The average Bonchev–Trinajstić information content (AvgIpc) is 2.67. The molecule has 0 aromatic heterocycles. The van der Waals surface area contributed by atoms with E-state index in [1.807, 2.05) is 43.3 Å². The number of halogens is 1. The molecule has 0 aliphatic heterocycles. The van der Waals surface area contributed by atoms with Crippen molar-refractivity contribution in [2.75, 3.05) is 13.7 Å². The standard InChI is InChI=1S/C22H24ClNO3/c1-16-4-6-18(7-5-16)10-13-21(25)24(14-17(2)22(26)27-3)15-19-8-11-20(23)12-9-19/h4-13,17H,14-15H2,1-3H3/b13-10+. The Balaban J connectivity index is 2.15. The fraction of sp³-hybridized carbons (Fsp3) is 0.273. The van der Waals surface area contributed by atoms with Crippen LogP contribution in [0.5, 0.6) is 0 Å². The summed E-state index contributed by atoms with van der Waals surface area (Å²) in [4.78, 5) is 26.2. The Morgan fingerprint density at radius 3 is 2.33 bits per heavy atom. The quantitative estimate of drug-likeness (QED) is 0.520. The number of esters is 1. The van der Waals surface area contributed by atoms with Crippen LogP contribution in [0.3, 0.4) is 0 Å². The third kappa shape index (κ3) is 6.57. The van der Waals surface area contributed by atoms with Gasteiger partial charge in [0.1, 0.15) is 0 Å². The molecule has 2 aromatic rings. The number of hydrogen-bond acceptors (Lipinski definition) is 3. The van der Waals surface area contributed by atoms with Crippen molar-refractivity contribution < 1.29 is 14.3 Å². The van der Waals surface area contributed by atoms with E-state index >= 15 is 0 Å². The average molecular weight is 386 g/mol. The minimum Gasteiger partial charge on any atom is -0.469 e. The van der Waals surface area contributed by atoms with E-state index < -0.39 is 5.92 Å². The molecule has 0 aliphatic carbocycles. The number of amides is 1. The maximum Gasteiger partial charge on any atom is 0.310 e. The Kier molecular flexibility index (Phi) is 7.62. The molecule has 1 atom stereocenters. The van der Waals surface area contributed by atoms with Gasteiger partial charge in [-0.2, -0.15) is 0 Å². The summed E-state index contributed by atoms with van der Waals surface area (Å²) in [6.07, 6.45) is 3.31. The Labute approximate surface area is 165 Å². The van der Waals surface area contributed by atoms with Gasteiger partial charge in [-0.05, 0) is 36.3 Å². The van der Waals surface area contributed by atoms with Crippen molar-refractivity contribution in [2.24, 2.45) is 5.92 Å². The van der Waals surface area contributed by atoms with Gasteiger partial charge in [0.05, 0.1) is 13.0 Å². The lowest BCUT2D eigenvalue weighted by molar-refractivity contribution is -0.146. The number of ether oxygens (including phenoxy) is 1. The van der Waals surface area contributed by atoms with Crippen molar-refractivity contribution in [3.8, 4) is 0 Å². The molecule has 27 heavy (non-hydrogen) atoms. The zero-order valence-corrected chi connectivity index (χ0v) is 16.6. The molecule has 2 aromatic carbocycles. The molecule has 0 radical (unpaired) electrons. The number of carbonyl (C=O) groups is 2.